The van der Waals surface area contributed by atoms with Gasteiger partial charge in [0, 0.05) is 53.9 Å². The average molecular weight is 566 g/mol. The predicted molar refractivity (Wildman–Crippen MR) is 134 cm³/mol. The van der Waals surface area contributed by atoms with Crippen molar-refractivity contribution in [3.63, 3.8) is 0 Å². The van der Waals surface area contributed by atoms with E-state index in [1.807, 2.05) is 0 Å². The Morgan fingerprint density at radius 3 is 1.86 bits per heavy atom. The molecule has 4 rings (SSSR count). The number of piperazine rings is 1. The van der Waals surface area contributed by atoms with Crippen LogP contribution in [0.3, 0.4) is 0 Å². The molecule has 2 aromatic rings. The Morgan fingerprint density at radius 2 is 1.35 bits per heavy atom. The summed E-state index contributed by atoms with van der Waals surface area (Å²) in [6, 6.07) is 6.88. The number of alkyl halides is 6. The Hall–Kier alpha value is -1.48. The normalized spacial score (nSPS) is 19.8. The first-order valence-corrected chi connectivity index (χ1v) is 13.2. The topological polar surface area (TPSA) is 6.48 Å². The van der Waals surface area contributed by atoms with Crippen molar-refractivity contribution >= 4 is 23.2 Å². The zero-order valence-electron chi connectivity index (χ0n) is 20.2. The summed E-state index contributed by atoms with van der Waals surface area (Å²) in [5.74, 6) is 0. The van der Waals surface area contributed by atoms with E-state index >= 15 is 0 Å². The number of halogens is 8. The van der Waals surface area contributed by atoms with Gasteiger partial charge < -0.3 is 0 Å². The first-order chi connectivity index (χ1) is 17.4. The molecule has 0 aromatic heterocycles. The third-order valence-corrected chi connectivity index (χ3v) is 8.01. The fourth-order valence-corrected chi connectivity index (χ4v) is 6.08. The van der Waals surface area contributed by atoms with Crippen LogP contribution in [-0.2, 0) is 18.8 Å². The van der Waals surface area contributed by atoms with E-state index in [9.17, 15) is 26.3 Å². The minimum absolute atomic E-state index is 0.0730. The maximum Gasteiger partial charge on any atom is 0.416 e. The maximum atomic E-state index is 13.4. The molecule has 1 saturated carbocycles. The minimum Gasteiger partial charge on any atom is -0.298 e. The van der Waals surface area contributed by atoms with Crippen LogP contribution in [0, 0.1) is 6.42 Å². The Morgan fingerprint density at radius 1 is 0.811 bits per heavy atom. The molecule has 1 heterocycles. The van der Waals surface area contributed by atoms with Crippen LogP contribution in [0.2, 0.25) is 10.0 Å². The van der Waals surface area contributed by atoms with Crippen molar-refractivity contribution in [2.24, 2.45) is 0 Å². The molecule has 1 unspecified atom stereocenters. The van der Waals surface area contributed by atoms with E-state index in [1.165, 1.54) is 32.1 Å². The van der Waals surface area contributed by atoms with Gasteiger partial charge in [-0.05, 0) is 61.6 Å². The molecule has 2 nitrogen and oxygen atoms in total. The molecule has 0 N–H and O–H groups in total. The van der Waals surface area contributed by atoms with Crippen LogP contribution < -0.4 is 0 Å². The fourth-order valence-electron chi connectivity index (χ4n) is 5.45. The molecule has 1 radical (unpaired) electrons. The van der Waals surface area contributed by atoms with Crippen LogP contribution >= 0.6 is 23.2 Å². The molecule has 1 aliphatic carbocycles. The van der Waals surface area contributed by atoms with Crippen molar-refractivity contribution in [2.45, 2.75) is 63.0 Å². The third-order valence-electron chi connectivity index (χ3n) is 7.35. The van der Waals surface area contributed by atoms with E-state index in [1.54, 1.807) is 24.6 Å². The Kier molecular flexibility index (Phi) is 9.04. The number of hydrogen-bond donors (Lipinski definition) is 0. The van der Waals surface area contributed by atoms with E-state index in [4.69, 9.17) is 23.2 Å². The molecule has 203 valence electrons. The van der Waals surface area contributed by atoms with Crippen LogP contribution in [0.25, 0.3) is 0 Å². The van der Waals surface area contributed by atoms with Gasteiger partial charge in [0.05, 0.1) is 11.1 Å². The first kappa shape index (κ1) is 28.5. The van der Waals surface area contributed by atoms with Gasteiger partial charge >= 0.3 is 12.4 Å². The van der Waals surface area contributed by atoms with Crippen LogP contribution in [0.15, 0.2) is 36.4 Å². The van der Waals surface area contributed by atoms with E-state index < -0.39 is 29.5 Å². The molecule has 1 aliphatic heterocycles. The van der Waals surface area contributed by atoms with Crippen LogP contribution in [0.1, 0.15) is 60.4 Å². The quantitative estimate of drug-likeness (QED) is 0.324. The standard InChI is InChI=1S/C27H29Cl2F6N2/c28-22-7-4-8-23(29)25(22)24(37-13-11-36(12-14-37)21-5-2-1-3-6-21)10-9-18-15-19(26(30,31)32)17-20(16-18)27(33,34)35/h4,7-8,10,15-17,21,24H,1-3,5-6,9,11-14H2. The van der Waals surface area contributed by atoms with E-state index in [0.717, 1.165) is 25.2 Å². The molecule has 0 spiro atoms. The molecule has 2 aliphatic rings. The van der Waals surface area contributed by atoms with Crippen molar-refractivity contribution in [1.29, 1.82) is 0 Å². The van der Waals surface area contributed by atoms with Crippen molar-refractivity contribution in [3.05, 3.63) is 75.1 Å². The van der Waals surface area contributed by atoms with Crippen molar-refractivity contribution in [3.8, 4) is 0 Å². The van der Waals surface area contributed by atoms with Gasteiger partial charge in [-0.25, -0.2) is 0 Å². The second-order valence-electron chi connectivity index (χ2n) is 9.80. The largest absolute Gasteiger partial charge is 0.416 e. The summed E-state index contributed by atoms with van der Waals surface area (Å²) in [4.78, 5) is 4.65. The smallest absolute Gasteiger partial charge is 0.298 e. The highest BCUT2D eigenvalue weighted by atomic mass is 35.5. The molecule has 1 saturated heterocycles. The second kappa shape index (κ2) is 11.7. The SMILES string of the molecule is FC(F)(F)c1cc(C[CH]C(c2c(Cl)cccc2Cl)N2CCN(C3CCCCC3)CC2)cc(C(F)(F)F)c1. The highest BCUT2D eigenvalue weighted by Crippen LogP contribution is 2.39. The highest BCUT2D eigenvalue weighted by molar-refractivity contribution is 6.36. The monoisotopic (exact) mass is 565 g/mol. The predicted octanol–water partition coefficient (Wildman–Crippen LogP) is 8.47. The second-order valence-corrected chi connectivity index (χ2v) is 10.6. The lowest BCUT2D eigenvalue weighted by atomic mass is 9.92. The summed E-state index contributed by atoms with van der Waals surface area (Å²) >= 11 is 13.0. The molecule has 0 bridgehead atoms. The first-order valence-electron chi connectivity index (χ1n) is 12.5. The Labute approximate surface area is 223 Å². The zero-order chi connectivity index (χ0) is 26.8. The fraction of sp³-hybridized carbons (Fsp3) is 0.519. The number of hydrogen-bond acceptors (Lipinski definition) is 2. The van der Waals surface area contributed by atoms with Crippen LogP contribution in [0.5, 0.6) is 0 Å². The van der Waals surface area contributed by atoms with E-state index in [0.29, 0.717) is 34.7 Å². The molecule has 2 fully saturated rings. The van der Waals surface area contributed by atoms with E-state index in [2.05, 4.69) is 9.80 Å². The molecular formula is C27H29Cl2F6N2. The molecule has 10 heteroatoms. The number of rotatable bonds is 6. The minimum atomic E-state index is -4.89. The van der Waals surface area contributed by atoms with E-state index in [-0.39, 0.29) is 18.1 Å². The van der Waals surface area contributed by atoms with Gasteiger partial charge in [0.2, 0.25) is 0 Å². The Bertz CT molecular complexity index is 1010. The molecule has 0 amide bonds. The van der Waals surface area contributed by atoms with Crippen LogP contribution in [-0.4, -0.2) is 42.0 Å². The lowest BCUT2D eigenvalue weighted by molar-refractivity contribution is -0.143. The van der Waals surface area contributed by atoms with Crippen molar-refractivity contribution < 1.29 is 26.3 Å². The summed E-state index contributed by atoms with van der Waals surface area (Å²) in [5, 5.41) is 0.812. The van der Waals surface area contributed by atoms with Gasteiger partial charge in [-0.3, -0.25) is 9.80 Å². The number of benzene rings is 2. The van der Waals surface area contributed by atoms with Gasteiger partial charge in [-0.2, -0.15) is 26.3 Å². The zero-order valence-corrected chi connectivity index (χ0v) is 21.7. The van der Waals surface area contributed by atoms with Gasteiger partial charge in [0.1, 0.15) is 0 Å². The Balaban J connectivity index is 1.57. The van der Waals surface area contributed by atoms with Gasteiger partial charge in [0.15, 0.2) is 0 Å². The molecule has 2 aromatic carbocycles. The lowest BCUT2D eigenvalue weighted by Gasteiger charge is -2.43. The van der Waals surface area contributed by atoms with Gasteiger partial charge in [-0.15, -0.1) is 0 Å². The molecule has 37 heavy (non-hydrogen) atoms. The summed E-state index contributed by atoms with van der Waals surface area (Å²) in [6.07, 6.45) is -2.08. The number of nitrogens with zero attached hydrogens (tertiary/aromatic N) is 2. The summed E-state index contributed by atoms with van der Waals surface area (Å²) < 4.78 is 80.2. The van der Waals surface area contributed by atoms with Crippen molar-refractivity contribution in [1.82, 2.24) is 9.80 Å². The lowest BCUT2D eigenvalue weighted by Crippen LogP contribution is -2.51. The summed E-state index contributed by atoms with van der Waals surface area (Å²) in [6.45, 7) is 3.04. The van der Waals surface area contributed by atoms with Gasteiger partial charge in [0.25, 0.3) is 0 Å². The van der Waals surface area contributed by atoms with Crippen LogP contribution in [0.4, 0.5) is 26.3 Å². The summed E-state index contributed by atoms with van der Waals surface area (Å²) in [5.41, 5.74) is -2.10. The molecule has 1 atom stereocenters. The highest BCUT2D eigenvalue weighted by Gasteiger charge is 2.37. The molecular weight excluding hydrogens is 537 g/mol. The van der Waals surface area contributed by atoms with Crippen molar-refractivity contribution in [2.75, 3.05) is 26.2 Å². The third kappa shape index (κ3) is 7.14. The van der Waals surface area contributed by atoms with Gasteiger partial charge in [-0.1, -0.05) is 48.5 Å². The average Bonchev–Trinajstić information content (AvgIpc) is 2.85. The maximum absolute atomic E-state index is 13.4. The summed E-state index contributed by atoms with van der Waals surface area (Å²) in [7, 11) is 0.